The average molecular weight is 460 g/mol. The highest BCUT2D eigenvalue weighted by molar-refractivity contribution is 5.86. The quantitative estimate of drug-likeness (QED) is 0.244. The fourth-order valence-corrected chi connectivity index (χ4v) is 4.00. The molecule has 0 spiro atoms. The number of carbonyl (C=O) groups is 1. The lowest BCUT2D eigenvalue weighted by Gasteiger charge is -2.16. The number of benzene rings is 2. The van der Waals surface area contributed by atoms with Gasteiger partial charge >= 0.3 is 5.97 Å². The molecule has 1 atom stereocenters. The van der Waals surface area contributed by atoms with Crippen molar-refractivity contribution in [3.8, 4) is 11.5 Å². The molecule has 2 heterocycles. The van der Waals surface area contributed by atoms with E-state index in [1.807, 2.05) is 73.8 Å². The molecule has 0 saturated heterocycles. The summed E-state index contributed by atoms with van der Waals surface area (Å²) in [5, 5.41) is 13.8. The molecule has 0 aliphatic heterocycles. The molecule has 4 aromatic rings. The summed E-state index contributed by atoms with van der Waals surface area (Å²) in [5.41, 5.74) is 2.81. The smallest absolute Gasteiger partial charge is 0.304 e. The van der Waals surface area contributed by atoms with Crippen molar-refractivity contribution in [2.75, 3.05) is 25.1 Å². The number of nitrogens with zero attached hydrogens (tertiary/aromatic N) is 1. The minimum atomic E-state index is -0.840. The molecule has 0 amide bonds. The number of fused-ring (bicyclic) bond motifs is 1. The van der Waals surface area contributed by atoms with Gasteiger partial charge in [0.2, 0.25) is 0 Å². The molecular formula is C27H29N3O4. The van der Waals surface area contributed by atoms with Crippen LogP contribution in [0.15, 0.2) is 73.1 Å². The second kappa shape index (κ2) is 11.2. The Morgan fingerprint density at radius 1 is 1.09 bits per heavy atom. The molecule has 0 radical (unpaired) electrons. The summed E-state index contributed by atoms with van der Waals surface area (Å²) in [6.07, 6.45) is 4.50. The van der Waals surface area contributed by atoms with Crippen LogP contribution >= 0.6 is 0 Å². The predicted molar refractivity (Wildman–Crippen MR) is 133 cm³/mol. The highest BCUT2D eigenvalue weighted by atomic mass is 16.5. The van der Waals surface area contributed by atoms with Crippen LogP contribution in [0, 0.1) is 0 Å². The predicted octanol–water partition coefficient (Wildman–Crippen LogP) is 5.45. The number of pyridine rings is 1. The Morgan fingerprint density at radius 2 is 1.91 bits per heavy atom. The molecule has 7 heteroatoms. The first-order valence-electron chi connectivity index (χ1n) is 11.5. The highest BCUT2D eigenvalue weighted by Gasteiger charge is 2.21. The van der Waals surface area contributed by atoms with Crippen molar-refractivity contribution in [1.29, 1.82) is 0 Å². The first kappa shape index (κ1) is 23.2. The van der Waals surface area contributed by atoms with Gasteiger partial charge in [0.25, 0.3) is 0 Å². The summed E-state index contributed by atoms with van der Waals surface area (Å²) in [7, 11) is 0. The number of H-pyrrole nitrogens is 1. The molecule has 0 bridgehead atoms. The number of rotatable bonds is 12. The van der Waals surface area contributed by atoms with Crippen LogP contribution < -0.4 is 14.8 Å². The number of carboxylic acid groups (broad SMARTS) is 1. The Kier molecular flexibility index (Phi) is 7.65. The van der Waals surface area contributed by atoms with E-state index in [0.717, 1.165) is 52.3 Å². The molecular weight excluding hydrogens is 430 g/mol. The third-order valence-corrected chi connectivity index (χ3v) is 5.59. The molecule has 4 rings (SSSR count). The number of aromatic amines is 1. The van der Waals surface area contributed by atoms with E-state index in [1.165, 1.54) is 0 Å². The number of aliphatic carboxylic acids is 1. The van der Waals surface area contributed by atoms with E-state index in [-0.39, 0.29) is 12.3 Å². The van der Waals surface area contributed by atoms with Gasteiger partial charge in [-0.15, -0.1) is 0 Å². The summed E-state index contributed by atoms with van der Waals surface area (Å²) in [4.78, 5) is 19.2. The van der Waals surface area contributed by atoms with E-state index in [4.69, 9.17) is 9.47 Å². The summed E-state index contributed by atoms with van der Waals surface area (Å²) in [5.74, 6) is 1.29. The van der Waals surface area contributed by atoms with Gasteiger partial charge in [0.1, 0.15) is 17.3 Å². The van der Waals surface area contributed by atoms with Crippen molar-refractivity contribution in [2.24, 2.45) is 0 Å². The number of hydrogen-bond acceptors (Lipinski definition) is 5. The zero-order chi connectivity index (χ0) is 23.8. The summed E-state index contributed by atoms with van der Waals surface area (Å²) in [6.45, 7) is 3.87. The van der Waals surface area contributed by atoms with Crippen LogP contribution in [-0.2, 0) is 4.79 Å². The Bertz CT molecular complexity index is 1210. The fraction of sp³-hybridized carbons (Fsp3) is 0.259. The lowest BCUT2D eigenvalue weighted by atomic mass is 9.88. The van der Waals surface area contributed by atoms with E-state index >= 15 is 0 Å². The Balaban J connectivity index is 1.43. The molecule has 34 heavy (non-hydrogen) atoms. The van der Waals surface area contributed by atoms with Gasteiger partial charge in [-0.3, -0.25) is 4.79 Å². The topological polar surface area (TPSA) is 96.5 Å². The zero-order valence-electron chi connectivity index (χ0n) is 19.2. The summed E-state index contributed by atoms with van der Waals surface area (Å²) in [6, 6.07) is 19.3. The molecule has 2 aromatic heterocycles. The largest absolute Gasteiger partial charge is 0.494 e. The fourth-order valence-electron chi connectivity index (χ4n) is 4.00. The summed E-state index contributed by atoms with van der Waals surface area (Å²) >= 11 is 0. The van der Waals surface area contributed by atoms with Gasteiger partial charge in [-0.05, 0) is 60.9 Å². The molecule has 2 aromatic carbocycles. The SMILES string of the molecule is CCOc1ccc(C(CC(=O)O)c2c[nH]c3cc(OCCCNc4ccccn4)ccc23)cc1. The van der Waals surface area contributed by atoms with Crippen molar-refractivity contribution < 1.29 is 19.4 Å². The van der Waals surface area contributed by atoms with Gasteiger partial charge < -0.3 is 24.9 Å². The van der Waals surface area contributed by atoms with Crippen LogP contribution in [0.5, 0.6) is 11.5 Å². The van der Waals surface area contributed by atoms with Gasteiger partial charge in [-0.2, -0.15) is 0 Å². The molecule has 176 valence electrons. The first-order valence-corrected chi connectivity index (χ1v) is 11.5. The summed E-state index contributed by atoms with van der Waals surface area (Å²) < 4.78 is 11.4. The third-order valence-electron chi connectivity index (χ3n) is 5.59. The van der Waals surface area contributed by atoms with Gasteiger partial charge in [-0.25, -0.2) is 4.98 Å². The van der Waals surface area contributed by atoms with Crippen LogP contribution in [0.1, 0.15) is 36.8 Å². The number of ether oxygens (including phenoxy) is 2. The van der Waals surface area contributed by atoms with Crippen molar-refractivity contribution in [1.82, 2.24) is 9.97 Å². The normalized spacial score (nSPS) is 11.8. The van der Waals surface area contributed by atoms with E-state index in [1.54, 1.807) is 6.20 Å². The monoisotopic (exact) mass is 459 g/mol. The molecule has 3 N–H and O–H groups in total. The number of anilines is 1. The minimum Gasteiger partial charge on any atom is -0.494 e. The van der Waals surface area contributed by atoms with Crippen molar-refractivity contribution in [2.45, 2.75) is 25.7 Å². The Morgan fingerprint density at radius 3 is 2.65 bits per heavy atom. The zero-order valence-corrected chi connectivity index (χ0v) is 19.2. The minimum absolute atomic E-state index is 0.00244. The third kappa shape index (κ3) is 5.86. The van der Waals surface area contributed by atoms with Crippen LogP contribution in [0.4, 0.5) is 5.82 Å². The number of carboxylic acids is 1. The second-order valence-electron chi connectivity index (χ2n) is 7.95. The highest BCUT2D eigenvalue weighted by Crippen LogP contribution is 2.35. The van der Waals surface area contributed by atoms with E-state index in [9.17, 15) is 9.90 Å². The Labute approximate surface area is 198 Å². The van der Waals surface area contributed by atoms with Crippen LogP contribution in [0.2, 0.25) is 0 Å². The lowest BCUT2D eigenvalue weighted by Crippen LogP contribution is -2.08. The van der Waals surface area contributed by atoms with Gasteiger partial charge in [0.05, 0.1) is 19.6 Å². The first-order chi connectivity index (χ1) is 16.6. The standard InChI is InChI=1S/C27H29N3O4/c1-2-33-20-9-7-19(8-10-20)23(17-27(31)32)24-18-30-25-16-21(11-12-22(24)25)34-15-5-14-29-26-6-3-4-13-28-26/h3-4,6-13,16,18,23,30H,2,5,14-15,17H2,1H3,(H,28,29)(H,31,32). The molecule has 1 unspecified atom stereocenters. The van der Waals surface area contributed by atoms with E-state index in [0.29, 0.717) is 13.2 Å². The maximum atomic E-state index is 11.6. The van der Waals surface area contributed by atoms with Gasteiger partial charge in [-0.1, -0.05) is 18.2 Å². The maximum Gasteiger partial charge on any atom is 0.304 e. The molecule has 7 nitrogen and oxygen atoms in total. The molecule has 0 aliphatic carbocycles. The van der Waals surface area contributed by atoms with E-state index < -0.39 is 5.97 Å². The van der Waals surface area contributed by atoms with Crippen LogP contribution in [-0.4, -0.2) is 40.8 Å². The average Bonchev–Trinajstić information content (AvgIpc) is 3.27. The van der Waals surface area contributed by atoms with Crippen LogP contribution in [0.3, 0.4) is 0 Å². The van der Waals surface area contributed by atoms with Gasteiger partial charge in [0, 0.05) is 41.8 Å². The molecule has 0 fully saturated rings. The van der Waals surface area contributed by atoms with Crippen molar-refractivity contribution >= 4 is 22.7 Å². The molecule has 0 aliphatic rings. The van der Waals surface area contributed by atoms with Gasteiger partial charge in [0.15, 0.2) is 0 Å². The van der Waals surface area contributed by atoms with E-state index in [2.05, 4.69) is 15.3 Å². The Hall–Kier alpha value is -4.00. The number of hydrogen-bond donors (Lipinski definition) is 3. The molecule has 0 saturated carbocycles. The lowest BCUT2D eigenvalue weighted by molar-refractivity contribution is -0.137. The number of aromatic nitrogens is 2. The second-order valence-corrected chi connectivity index (χ2v) is 7.95. The van der Waals surface area contributed by atoms with Crippen LogP contribution in [0.25, 0.3) is 10.9 Å². The maximum absolute atomic E-state index is 11.6. The number of nitrogens with one attached hydrogen (secondary N) is 2. The van der Waals surface area contributed by atoms with Crippen molar-refractivity contribution in [3.63, 3.8) is 0 Å². The van der Waals surface area contributed by atoms with Crippen molar-refractivity contribution in [3.05, 3.63) is 84.2 Å².